The topological polar surface area (TPSA) is 46.2 Å². The smallest absolute Gasteiger partial charge is 0.224 e. The van der Waals surface area contributed by atoms with E-state index in [1.165, 1.54) is 0 Å². The van der Waals surface area contributed by atoms with Gasteiger partial charge in [0.2, 0.25) is 5.91 Å². The Morgan fingerprint density at radius 3 is 2.31 bits per heavy atom. The van der Waals surface area contributed by atoms with E-state index in [0.717, 1.165) is 19.1 Å². The molecule has 3 nitrogen and oxygen atoms in total. The molecule has 0 aromatic carbocycles. The van der Waals surface area contributed by atoms with Crippen molar-refractivity contribution in [2.75, 3.05) is 0 Å². The van der Waals surface area contributed by atoms with Gasteiger partial charge in [-0.15, -0.1) is 0 Å². The van der Waals surface area contributed by atoms with E-state index in [0.29, 0.717) is 0 Å². The molecule has 0 radical (unpaired) electrons. The molecule has 0 spiro atoms. The van der Waals surface area contributed by atoms with E-state index in [1.807, 2.05) is 20.8 Å². The summed E-state index contributed by atoms with van der Waals surface area (Å²) in [5, 5.41) is 2.89. The molecule has 1 amide bonds. The Hall–Kier alpha value is -0.860. The lowest BCUT2D eigenvalue weighted by atomic mass is 9.74. The van der Waals surface area contributed by atoms with Gasteiger partial charge in [-0.2, -0.15) is 0 Å². The van der Waals surface area contributed by atoms with E-state index in [1.54, 1.807) is 0 Å². The van der Waals surface area contributed by atoms with Crippen molar-refractivity contribution in [1.82, 2.24) is 5.32 Å². The molecule has 2 atom stereocenters. The van der Waals surface area contributed by atoms with Crippen LogP contribution < -0.4 is 5.32 Å². The molecule has 1 aliphatic carbocycles. The Labute approximate surface area is 78.9 Å². The average molecular weight is 183 g/mol. The Bertz CT molecular complexity index is 217. The van der Waals surface area contributed by atoms with Gasteiger partial charge in [0.25, 0.3) is 0 Å². The molecular weight excluding hydrogens is 166 g/mol. The van der Waals surface area contributed by atoms with Crippen molar-refractivity contribution >= 4 is 12.2 Å². The summed E-state index contributed by atoms with van der Waals surface area (Å²) in [6, 6.07) is 0. The van der Waals surface area contributed by atoms with Crippen LogP contribution in [0.3, 0.4) is 0 Å². The third-order valence-corrected chi connectivity index (χ3v) is 2.34. The second-order valence-corrected chi connectivity index (χ2v) is 4.72. The van der Waals surface area contributed by atoms with Gasteiger partial charge in [-0.05, 0) is 33.6 Å². The van der Waals surface area contributed by atoms with Crippen LogP contribution in [-0.4, -0.2) is 17.7 Å². The highest BCUT2D eigenvalue weighted by molar-refractivity contribution is 5.83. The van der Waals surface area contributed by atoms with Crippen LogP contribution in [0.4, 0.5) is 0 Å². The van der Waals surface area contributed by atoms with Crippen LogP contribution in [0.1, 0.15) is 33.6 Å². The third-order valence-electron chi connectivity index (χ3n) is 2.34. The molecule has 3 heteroatoms. The van der Waals surface area contributed by atoms with Gasteiger partial charge in [-0.3, -0.25) is 4.79 Å². The molecule has 1 fully saturated rings. The van der Waals surface area contributed by atoms with E-state index < -0.39 is 0 Å². The van der Waals surface area contributed by atoms with Crippen molar-refractivity contribution in [3.63, 3.8) is 0 Å². The maximum absolute atomic E-state index is 11.5. The van der Waals surface area contributed by atoms with Crippen molar-refractivity contribution in [3.8, 4) is 0 Å². The zero-order valence-corrected chi connectivity index (χ0v) is 8.46. The van der Waals surface area contributed by atoms with Gasteiger partial charge >= 0.3 is 0 Å². The first-order valence-electron chi connectivity index (χ1n) is 4.71. The number of hydrogen-bond donors (Lipinski definition) is 1. The van der Waals surface area contributed by atoms with Crippen LogP contribution >= 0.6 is 0 Å². The average Bonchev–Trinajstić information content (AvgIpc) is 1.80. The molecular formula is C10H17NO2. The minimum absolute atomic E-state index is 0.0239. The van der Waals surface area contributed by atoms with Gasteiger partial charge in [0, 0.05) is 17.4 Å². The highest BCUT2D eigenvalue weighted by Crippen LogP contribution is 2.32. The van der Waals surface area contributed by atoms with Crippen LogP contribution in [-0.2, 0) is 9.59 Å². The molecule has 1 aliphatic rings. The van der Waals surface area contributed by atoms with Crippen molar-refractivity contribution in [1.29, 1.82) is 0 Å². The van der Waals surface area contributed by atoms with Crippen LogP contribution in [0.25, 0.3) is 0 Å². The number of aldehydes is 1. The third kappa shape index (κ3) is 2.54. The number of carbonyl (C=O) groups is 2. The van der Waals surface area contributed by atoms with Crippen molar-refractivity contribution in [3.05, 3.63) is 0 Å². The highest BCUT2D eigenvalue weighted by Gasteiger charge is 2.37. The monoisotopic (exact) mass is 183 g/mol. The van der Waals surface area contributed by atoms with Crippen LogP contribution in [0, 0.1) is 11.8 Å². The summed E-state index contributed by atoms with van der Waals surface area (Å²) in [6.07, 6.45) is 2.62. The Morgan fingerprint density at radius 1 is 1.38 bits per heavy atom. The molecule has 0 aromatic heterocycles. The summed E-state index contributed by atoms with van der Waals surface area (Å²) >= 11 is 0. The maximum Gasteiger partial charge on any atom is 0.224 e. The second-order valence-electron chi connectivity index (χ2n) is 4.72. The predicted octanol–water partition coefficient (Wildman–Crippen LogP) is 1.13. The molecule has 1 saturated carbocycles. The molecule has 0 aliphatic heterocycles. The lowest BCUT2D eigenvalue weighted by Gasteiger charge is -2.33. The first-order valence-corrected chi connectivity index (χ1v) is 4.71. The lowest BCUT2D eigenvalue weighted by Crippen LogP contribution is -2.48. The molecule has 0 saturated heterocycles. The Kier molecular flexibility index (Phi) is 2.74. The summed E-state index contributed by atoms with van der Waals surface area (Å²) in [7, 11) is 0. The summed E-state index contributed by atoms with van der Waals surface area (Å²) < 4.78 is 0. The fourth-order valence-electron chi connectivity index (χ4n) is 1.48. The van der Waals surface area contributed by atoms with E-state index in [4.69, 9.17) is 0 Å². The normalized spacial score (nSPS) is 27.6. The van der Waals surface area contributed by atoms with E-state index in [-0.39, 0.29) is 23.3 Å². The van der Waals surface area contributed by atoms with Crippen molar-refractivity contribution in [2.45, 2.75) is 39.2 Å². The highest BCUT2D eigenvalue weighted by atomic mass is 16.2. The minimum Gasteiger partial charge on any atom is -0.351 e. The standard InChI is InChI=1S/C10H17NO2/c1-10(2,3)11-9(13)8-5-4-7(8)6-12/h6-8H,4-5H2,1-3H3,(H,11,13)/t7-,8-/m0/s1. The van der Waals surface area contributed by atoms with Gasteiger partial charge in [0.1, 0.15) is 6.29 Å². The summed E-state index contributed by atoms with van der Waals surface area (Å²) in [5.41, 5.74) is -0.194. The number of carbonyl (C=O) groups excluding carboxylic acids is 2. The van der Waals surface area contributed by atoms with E-state index >= 15 is 0 Å². The Balaban J connectivity index is 2.45. The van der Waals surface area contributed by atoms with Crippen LogP contribution in [0.5, 0.6) is 0 Å². The summed E-state index contributed by atoms with van der Waals surface area (Å²) in [6.45, 7) is 5.83. The molecule has 1 rings (SSSR count). The molecule has 0 bridgehead atoms. The molecule has 0 aromatic rings. The van der Waals surface area contributed by atoms with Crippen molar-refractivity contribution < 1.29 is 9.59 Å². The number of hydrogen-bond acceptors (Lipinski definition) is 2. The molecule has 0 unspecified atom stereocenters. The summed E-state index contributed by atoms with van der Waals surface area (Å²) in [5.74, 6) is -0.0880. The van der Waals surface area contributed by atoms with Gasteiger partial charge in [0.05, 0.1) is 0 Å². The predicted molar refractivity (Wildman–Crippen MR) is 50.2 cm³/mol. The first-order chi connectivity index (χ1) is 5.94. The van der Waals surface area contributed by atoms with Crippen molar-refractivity contribution in [2.24, 2.45) is 11.8 Å². The van der Waals surface area contributed by atoms with Gasteiger partial charge < -0.3 is 10.1 Å². The zero-order chi connectivity index (χ0) is 10.1. The number of nitrogens with one attached hydrogen (secondary N) is 1. The lowest BCUT2D eigenvalue weighted by molar-refractivity contribution is -0.135. The minimum atomic E-state index is -0.194. The fourth-order valence-corrected chi connectivity index (χ4v) is 1.48. The quantitative estimate of drug-likeness (QED) is 0.652. The molecule has 13 heavy (non-hydrogen) atoms. The van der Waals surface area contributed by atoms with Crippen LogP contribution in [0.2, 0.25) is 0 Å². The SMILES string of the molecule is CC(C)(C)NC(=O)[C@H]1CC[C@H]1C=O. The maximum atomic E-state index is 11.5. The van der Waals surface area contributed by atoms with E-state index in [9.17, 15) is 9.59 Å². The molecule has 74 valence electrons. The first kappa shape index (κ1) is 10.2. The molecule has 1 N–H and O–H groups in total. The number of rotatable bonds is 2. The van der Waals surface area contributed by atoms with Gasteiger partial charge in [-0.1, -0.05) is 0 Å². The second kappa shape index (κ2) is 3.48. The number of amides is 1. The fraction of sp³-hybridized carbons (Fsp3) is 0.800. The van der Waals surface area contributed by atoms with Crippen LogP contribution in [0.15, 0.2) is 0 Å². The summed E-state index contributed by atoms with van der Waals surface area (Å²) in [4.78, 5) is 22.0. The zero-order valence-electron chi connectivity index (χ0n) is 8.46. The van der Waals surface area contributed by atoms with Gasteiger partial charge in [0.15, 0.2) is 0 Å². The largest absolute Gasteiger partial charge is 0.351 e. The van der Waals surface area contributed by atoms with Gasteiger partial charge in [-0.25, -0.2) is 0 Å². The Morgan fingerprint density at radius 2 is 2.00 bits per heavy atom. The van der Waals surface area contributed by atoms with E-state index in [2.05, 4.69) is 5.32 Å². The molecule has 0 heterocycles.